The van der Waals surface area contributed by atoms with Crippen molar-refractivity contribution in [1.29, 1.82) is 0 Å². The first-order valence-corrected chi connectivity index (χ1v) is 7.35. The molecule has 0 aliphatic carbocycles. The number of nitrogens with zero attached hydrogens (tertiary/aromatic N) is 2. The first-order chi connectivity index (χ1) is 8.15. The highest BCUT2D eigenvalue weighted by atomic mass is 32.2. The average Bonchev–Trinajstić information content (AvgIpc) is 2.44. The van der Waals surface area contributed by atoms with E-state index in [0.717, 1.165) is 5.69 Å². The van der Waals surface area contributed by atoms with Gasteiger partial charge in [-0.25, -0.2) is 13.4 Å². The van der Waals surface area contributed by atoms with Gasteiger partial charge in [0.1, 0.15) is 5.75 Å². The van der Waals surface area contributed by atoms with Crippen molar-refractivity contribution in [2.24, 2.45) is 11.7 Å². The zero-order valence-electron chi connectivity index (χ0n) is 11.1. The van der Waals surface area contributed by atoms with E-state index in [9.17, 15) is 13.2 Å². The van der Waals surface area contributed by atoms with Gasteiger partial charge >= 0.3 is 0 Å². The van der Waals surface area contributed by atoms with Crippen molar-refractivity contribution in [2.45, 2.75) is 39.4 Å². The monoisotopic (exact) mass is 273 g/mol. The van der Waals surface area contributed by atoms with Crippen molar-refractivity contribution in [1.82, 2.24) is 9.55 Å². The van der Waals surface area contributed by atoms with Gasteiger partial charge in [-0.3, -0.25) is 4.79 Å². The minimum absolute atomic E-state index is 0.0648. The summed E-state index contributed by atoms with van der Waals surface area (Å²) in [4.78, 5) is 14.9. The molecule has 1 aromatic heterocycles. The molecule has 2 N–H and O–H groups in total. The predicted octanol–water partition coefficient (Wildman–Crippen LogP) is 0.415. The molecule has 0 atom stereocenters. The van der Waals surface area contributed by atoms with Crippen LogP contribution in [0.15, 0.2) is 5.16 Å². The number of nitrogens with two attached hydrogens (primary N) is 1. The van der Waals surface area contributed by atoms with Crippen LogP contribution >= 0.6 is 0 Å². The topological polar surface area (TPSA) is 95.1 Å². The van der Waals surface area contributed by atoms with Crippen LogP contribution in [-0.2, 0) is 21.2 Å². The number of aromatic nitrogens is 2. The molecular weight excluding hydrogens is 254 g/mol. The van der Waals surface area contributed by atoms with E-state index in [1.807, 2.05) is 20.8 Å². The summed E-state index contributed by atoms with van der Waals surface area (Å²) in [5.41, 5.74) is 6.41. The van der Waals surface area contributed by atoms with Crippen molar-refractivity contribution in [3.63, 3.8) is 0 Å². The SMILES string of the molecule is Cc1nc(S(=O)(=O)CC(N)=O)n(CC(C)C)c1C. The lowest BCUT2D eigenvalue weighted by atomic mass is 10.2. The van der Waals surface area contributed by atoms with E-state index in [4.69, 9.17) is 5.73 Å². The third kappa shape index (κ3) is 3.10. The molecule has 1 rings (SSSR count). The van der Waals surface area contributed by atoms with Crippen LogP contribution in [0.5, 0.6) is 0 Å². The Bertz CT molecular complexity index is 558. The van der Waals surface area contributed by atoms with Crippen molar-refractivity contribution in [3.8, 4) is 0 Å². The second-order valence-corrected chi connectivity index (χ2v) is 6.68. The van der Waals surface area contributed by atoms with Gasteiger partial charge in [-0.2, -0.15) is 0 Å². The second kappa shape index (κ2) is 5.09. The van der Waals surface area contributed by atoms with Gasteiger partial charge in [-0.1, -0.05) is 13.8 Å². The summed E-state index contributed by atoms with van der Waals surface area (Å²) in [6.07, 6.45) is 0. The molecule has 0 aromatic carbocycles. The summed E-state index contributed by atoms with van der Waals surface area (Å²) in [6.45, 7) is 8.07. The number of aryl methyl sites for hydroxylation is 1. The maximum Gasteiger partial charge on any atom is 0.233 e. The van der Waals surface area contributed by atoms with Crippen molar-refractivity contribution in [2.75, 3.05) is 5.75 Å². The Kier molecular flexibility index (Phi) is 4.16. The second-order valence-electron chi connectivity index (χ2n) is 4.80. The molecule has 1 amide bonds. The van der Waals surface area contributed by atoms with Gasteiger partial charge in [0.05, 0.1) is 5.69 Å². The third-order valence-electron chi connectivity index (χ3n) is 2.58. The highest BCUT2D eigenvalue weighted by molar-refractivity contribution is 7.91. The van der Waals surface area contributed by atoms with Crippen LogP contribution in [0, 0.1) is 19.8 Å². The van der Waals surface area contributed by atoms with Gasteiger partial charge in [0.25, 0.3) is 0 Å². The molecule has 0 bridgehead atoms. The number of amides is 1. The molecule has 0 saturated heterocycles. The Morgan fingerprint density at radius 3 is 2.39 bits per heavy atom. The van der Waals surface area contributed by atoms with E-state index in [1.54, 1.807) is 11.5 Å². The van der Waals surface area contributed by atoms with Crippen molar-refractivity contribution in [3.05, 3.63) is 11.4 Å². The van der Waals surface area contributed by atoms with Crippen molar-refractivity contribution >= 4 is 15.7 Å². The van der Waals surface area contributed by atoms with E-state index < -0.39 is 21.5 Å². The molecule has 18 heavy (non-hydrogen) atoms. The maximum atomic E-state index is 12.0. The maximum absolute atomic E-state index is 12.0. The van der Waals surface area contributed by atoms with Gasteiger partial charge in [-0.05, 0) is 19.8 Å². The summed E-state index contributed by atoms with van der Waals surface area (Å²) in [7, 11) is -3.76. The number of hydrogen-bond acceptors (Lipinski definition) is 4. The summed E-state index contributed by atoms with van der Waals surface area (Å²) in [5, 5.41) is -0.0648. The summed E-state index contributed by atoms with van der Waals surface area (Å²) in [6, 6.07) is 0. The Morgan fingerprint density at radius 2 is 1.94 bits per heavy atom. The summed E-state index contributed by atoms with van der Waals surface area (Å²) < 4.78 is 25.7. The van der Waals surface area contributed by atoms with Gasteiger partial charge < -0.3 is 10.3 Å². The normalized spacial score (nSPS) is 12.1. The van der Waals surface area contributed by atoms with E-state index in [1.165, 1.54) is 0 Å². The zero-order valence-corrected chi connectivity index (χ0v) is 11.9. The Hall–Kier alpha value is -1.37. The van der Waals surface area contributed by atoms with Gasteiger partial charge in [-0.15, -0.1) is 0 Å². The molecule has 0 saturated carbocycles. The van der Waals surface area contributed by atoms with E-state index in [-0.39, 0.29) is 11.1 Å². The molecule has 1 aromatic rings. The number of carbonyl (C=O) groups is 1. The van der Waals surface area contributed by atoms with Gasteiger partial charge in [0.2, 0.25) is 20.9 Å². The lowest BCUT2D eigenvalue weighted by molar-refractivity contribution is -0.115. The molecule has 1 heterocycles. The lowest BCUT2D eigenvalue weighted by Gasteiger charge is -2.12. The van der Waals surface area contributed by atoms with Crippen molar-refractivity contribution < 1.29 is 13.2 Å². The first kappa shape index (κ1) is 14.7. The number of carbonyl (C=O) groups excluding carboxylic acids is 1. The minimum atomic E-state index is -3.76. The van der Waals surface area contributed by atoms with Crippen LogP contribution in [0.1, 0.15) is 25.2 Å². The Morgan fingerprint density at radius 1 is 1.39 bits per heavy atom. The fourth-order valence-corrected chi connectivity index (χ4v) is 3.02. The standard InChI is InChI=1S/C11H19N3O3S/c1-7(2)5-14-9(4)8(3)13-11(14)18(16,17)6-10(12)15/h7H,5-6H2,1-4H3,(H2,12,15). The van der Waals surface area contributed by atoms with Crippen LogP contribution in [0.4, 0.5) is 0 Å². The number of rotatable bonds is 5. The Balaban J connectivity index is 3.32. The fourth-order valence-electron chi connectivity index (χ4n) is 1.69. The molecule has 0 radical (unpaired) electrons. The lowest BCUT2D eigenvalue weighted by Crippen LogP contribution is -2.26. The van der Waals surface area contributed by atoms with E-state index in [2.05, 4.69) is 4.98 Å². The van der Waals surface area contributed by atoms with Gasteiger partial charge in [0, 0.05) is 12.2 Å². The molecule has 6 nitrogen and oxygen atoms in total. The Labute approximate surface area is 107 Å². The smallest absolute Gasteiger partial charge is 0.233 e. The van der Waals surface area contributed by atoms with Gasteiger partial charge in [0.15, 0.2) is 0 Å². The van der Waals surface area contributed by atoms with Crippen LogP contribution in [-0.4, -0.2) is 29.6 Å². The predicted molar refractivity (Wildman–Crippen MR) is 67.8 cm³/mol. The van der Waals surface area contributed by atoms with E-state index >= 15 is 0 Å². The number of sulfone groups is 1. The minimum Gasteiger partial charge on any atom is -0.369 e. The van der Waals surface area contributed by atoms with Crippen LogP contribution in [0.2, 0.25) is 0 Å². The highest BCUT2D eigenvalue weighted by Gasteiger charge is 2.26. The largest absolute Gasteiger partial charge is 0.369 e. The number of hydrogen-bond donors (Lipinski definition) is 1. The molecule has 0 unspecified atom stereocenters. The summed E-state index contributed by atoms with van der Waals surface area (Å²) in [5.74, 6) is -1.30. The quantitative estimate of drug-likeness (QED) is 0.840. The molecule has 0 spiro atoms. The molecule has 0 aliphatic heterocycles. The molecule has 7 heteroatoms. The average molecular weight is 273 g/mol. The molecule has 0 fully saturated rings. The number of imidazole rings is 1. The first-order valence-electron chi connectivity index (χ1n) is 5.70. The third-order valence-corrected chi connectivity index (χ3v) is 4.11. The van der Waals surface area contributed by atoms with Crippen LogP contribution in [0.3, 0.4) is 0 Å². The molecule has 102 valence electrons. The molecule has 0 aliphatic rings. The zero-order chi connectivity index (χ0) is 14.1. The van der Waals surface area contributed by atoms with Crippen LogP contribution in [0.25, 0.3) is 0 Å². The summed E-state index contributed by atoms with van der Waals surface area (Å²) >= 11 is 0. The number of primary amides is 1. The van der Waals surface area contributed by atoms with Crippen LogP contribution < -0.4 is 5.73 Å². The highest BCUT2D eigenvalue weighted by Crippen LogP contribution is 2.18. The fraction of sp³-hybridized carbons (Fsp3) is 0.636. The van der Waals surface area contributed by atoms with E-state index in [0.29, 0.717) is 12.2 Å². The molecular formula is C11H19N3O3S.